The van der Waals surface area contributed by atoms with Crippen LogP contribution in [0.3, 0.4) is 0 Å². The lowest BCUT2D eigenvalue weighted by Gasteiger charge is -2.25. The lowest BCUT2D eigenvalue weighted by atomic mass is 10.2. The third-order valence-electron chi connectivity index (χ3n) is 3.74. The summed E-state index contributed by atoms with van der Waals surface area (Å²) in [6.45, 7) is 6.93. The van der Waals surface area contributed by atoms with Crippen LogP contribution >= 0.6 is 23.2 Å². The van der Waals surface area contributed by atoms with Gasteiger partial charge in [0, 0.05) is 35.5 Å². The average Bonchev–Trinajstić information content (AvgIpc) is 2.64. The number of nitrogens with zero attached hydrogens (tertiary/aromatic N) is 2. The lowest BCUT2D eigenvalue weighted by molar-refractivity contribution is 0.219. The van der Waals surface area contributed by atoms with Crippen molar-refractivity contribution >= 4 is 23.2 Å². The van der Waals surface area contributed by atoms with E-state index in [9.17, 15) is 5.11 Å². The molecule has 6 nitrogen and oxygen atoms in total. The van der Waals surface area contributed by atoms with E-state index in [1.165, 1.54) is 5.01 Å². The molecule has 150 valence electrons. The number of aliphatic hydroxyl groups excluding tert-OH is 1. The van der Waals surface area contributed by atoms with Gasteiger partial charge < -0.3 is 20.2 Å². The number of rotatable bonds is 10. The summed E-state index contributed by atoms with van der Waals surface area (Å²) in [5, 5.41) is 15.0. The van der Waals surface area contributed by atoms with E-state index in [-0.39, 0.29) is 13.2 Å². The summed E-state index contributed by atoms with van der Waals surface area (Å²) in [7, 11) is 0. The summed E-state index contributed by atoms with van der Waals surface area (Å²) in [5.74, 6) is 7.10. The number of hydrazine groups is 1. The molecule has 2 aromatic rings. The molecule has 1 aromatic carbocycles. The van der Waals surface area contributed by atoms with Crippen molar-refractivity contribution in [3.05, 3.63) is 81.9 Å². The Kier molecular flexibility index (Phi) is 8.76. The van der Waals surface area contributed by atoms with Gasteiger partial charge >= 0.3 is 0 Å². The molecule has 28 heavy (non-hydrogen) atoms. The van der Waals surface area contributed by atoms with Crippen LogP contribution in [0.2, 0.25) is 10.0 Å². The van der Waals surface area contributed by atoms with Gasteiger partial charge in [-0.3, -0.25) is 4.98 Å². The summed E-state index contributed by atoms with van der Waals surface area (Å²) >= 11 is 12.1. The monoisotopic (exact) mass is 422 g/mol. The molecule has 8 heteroatoms. The van der Waals surface area contributed by atoms with E-state index < -0.39 is 0 Å². The van der Waals surface area contributed by atoms with Crippen molar-refractivity contribution in [3.63, 3.8) is 0 Å². The minimum Gasteiger partial charge on any atom is -0.455 e. The molecular formula is C20H24Cl2N4O2. The predicted molar refractivity (Wildman–Crippen MR) is 113 cm³/mol. The number of allylic oxidation sites excluding steroid dienone is 1. The molecule has 2 rings (SSSR count). The van der Waals surface area contributed by atoms with Crippen LogP contribution in [0.5, 0.6) is 5.75 Å². The third-order valence-corrected chi connectivity index (χ3v) is 4.17. The minimum atomic E-state index is -0.102. The fourth-order valence-electron chi connectivity index (χ4n) is 2.48. The van der Waals surface area contributed by atoms with Crippen molar-refractivity contribution < 1.29 is 9.84 Å². The van der Waals surface area contributed by atoms with Crippen LogP contribution in [-0.4, -0.2) is 34.8 Å². The molecule has 0 radical (unpaired) electrons. The van der Waals surface area contributed by atoms with Gasteiger partial charge in [-0.1, -0.05) is 35.8 Å². The zero-order chi connectivity index (χ0) is 20.5. The van der Waals surface area contributed by atoms with Crippen molar-refractivity contribution in [2.45, 2.75) is 13.5 Å². The first-order chi connectivity index (χ1) is 13.4. The molecule has 0 spiro atoms. The minimum absolute atomic E-state index is 0.102. The Morgan fingerprint density at radius 1 is 1.32 bits per heavy atom. The fraction of sp³-hybridized carbons (Fsp3) is 0.250. The van der Waals surface area contributed by atoms with Crippen LogP contribution in [0.4, 0.5) is 0 Å². The van der Waals surface area contributed by atoms with Gasteiger partial charge in [-0.15, -0.1) is 0 Å². The maximum atomic E-state index is 9.30. The van der Waals surface area contributed by atoms with Gasteiger partial charge in [-0.05, 0) is 42.3 Å². The van der Waals surface area contributed by atoms with Crippen molar-refractivity contribution in [3.8, 4) is 5.75 Å². The summed E-state index contributed by atoms with van der Waals surface area (Å²) in [6.07, 6.45) is 3.51. The van der Waals surface area contributed by atoms with Gasteiger partial charge in [-0.25, -0.2) is 5.84 Å². The van der Waals surface area contributed by atoms with E-state index in [0.717, 1.165) is 5.56 Å². The highest BCUT2D eigenvalue weighted by molar-refractivity contribution is 6.34. The topological polar surface area (TPSA) is 83.6 Å². The standard InChI is InChI=1S/C20H24Cl2N4O2/c1-14(2)20(28-18-9-16(21)8-17(22)10-18)19(26(23)6-7-27)13-25-12-15-4-3-5-24-11-15/h3-5,8-11,25,27H,1,6-7,12-13,23H2,2H3/b20-19+. The first-order valence-corrected chi connectivity index (χ1v) is 9.42. The van der Waals surface area contributed by atoms with E-state index in [0.29, 0.717) is 45.9 Å². The van der Waals surface area contributed by atoms with Crippen LogP contribution in [0, 0.1) is 0 Å². The Morgan fingerprint density at radius 2 is 2.04 bits per heavy atom. The molecule has 0 fully saturated rings. The van der Waals surface area contributed by atoms with E-state index >= 15 is 0 Å². The third kappa shape index (κ3) is 6.82. The van der Waals surface area contributed by atoms with Crippen LogP contribution in [0.25, 0.3) is 0 Å². The number of aliphatic hydroxyl groups is 1. The molecule has 0 saturated carbocycles. The van der Waals surface area contributed by atoms with Crippen LogP contribution in [0.15, 0.2) is 66.3 Å². The second kappa shape index (κ2) is 11.0. The molecule has 0 aliphatic rings. The second-order valence-electron chi connectivity index (χ2n) is 6.15. The number of nitrogens with one attached hydrogen (secondary N) is 1. The van der Waals surface area contributed by atoms with Crippen LogP contribution < -0.4 is 15.9 Å². The van der Waals surface area contributed by atoms with Crippen LogP contribution in [-0.2, 0) is 6.54 Å². The van der Waals surface area contributed by atoms with Gasteiger partial charge in [0.25, 0.3) is 0 Å². The van der Waals surface area contributed by atoms with Gasteiger partial charge in [0.2, 0.25) is 0 Å². The Labute approximate surface area is 175 Å². The summed E-state index contributed by atoms with van der Waals surface area (Å²) in [5.41, 5.74) is 2.34. The smallest absolute Gasteiger partial charge is 0.151 e. The lowest BCUT2D eigenvalue weighted by Crippen LogP contribution is -2.39. The summed E-state index contributed by atoms with van der Waals surface area (Å²) < 4.78 is 6.03. The zero-order valence-electron chi connectivity index (χ0n) is 15.7. The number of aromatic nitrogens is 1. The average molecular weight is 423 g/mol. The number of halogens is 2. The van der Waals surface area contributed by atoms with Crippen molar-refractivity contribution in [2.75, 3.05) is 19.7 Å². The summed E-state index contributed by atoms with van der Waals surface area (Å²) in [4.78, 5) is 4.10. The highest BCUT2D eigenvalue weighted by Gasteiger charge is 2.16. The van der Waals surface area contributed by atoms with E-state index in [4.69, 9.17) is 33.8 Å². The normalized spacial score (nSPS) is 11.8. The number of benzene rings is 1. The SMILES string of the molecule is C=C(C)/C(Oc1cc(Cl)cc(Cl)c1)=C(/CNCc1cccnc1)N(N)CCO. The van der Waals surface area contributed by atoms with Gasteiger partial charge in [0.15, 0.2) is 5.76 Å². The van der Waals surface area contributed by atoms with Crippen molar-refractivity contribution in [2.24, 2.45) is 5.84 Å². The highest BCUT2D eigenvalue weighted by Crippen LogP contribution is 2.28. The molecule has 0 amide bonds. The van der Waals surface area contributed by atoms with E-state index in [1.54, 1.807) is 30.6 Å². The largest absolute Gasteiger partial charge is 0.455 e. The molecule has 0 aliphatic heterocycles. The Morgan fingerprint density at radius 3 is 2.61 bits per heavy atom. The molecule has 1 aromatic heterocycles. The molecular weight excluding hydrogens is 399 g/mol. The molecule has 4 N–H and O–H groups in total. The molecule has 0 saturated heterocycles. The summed E-state index contributed by atoms with van der Waals surface area (Å²) in [6, 6.07) is 8.78. The van der Waals surface area contributed by atoms with Gasteiger partial charge in [0.05, 0.1) is 18.8 Å². The maximum Gasteiger partial charge on any atom is 0.151 e. The first-order valence-electron chi connectivity index (χ1n) is 8.66. The number of hydrogen-bond acceptors (Lipinski definition) is 6. The number of hydrogen-bond donors (Lipinski definition) is 3. The maximum absolute atomic E-state index is 9.30. The molecule has 0 atom stereocenters. The number of nitrogens with two attached hydrogens (primary N) is 1. The Hall–Kier alpha value is -2.09. The van der Waals surface area contributed by atoms with E-state index in [2.05, 4.69) is 16.9 Å². The first kappa shape index (κ1) is 22.2. The highest BCUT2D eigenvalue weighted by atomic mass is 35.5. The second-order valence-corrected chi connectivity index (χ2v) is 7.02. The molecule has 0 aliphatic carbocycles. The fourth-order valence-corrected chi connectivity index (χ4v) is 2.99. The quantitative estimate of drug-likeness (QED) is 0.235. The predicted octanol–water partition coefficient (Wildman–Crippen LogP) is 3.51. The van der Waals surface area contributed by atoms with Crippen molar-refractivity contribution in [1.82, 2.24) is 15.3 Å². The number of ether oxygens (including phenoxy) is 1. The van der Waals surface area contributed by atoms with Gasteiger partial charge in [-0.2, -0.15) is 0 Å². The molecule has 1 heterocycles. The Balaban J connectivity index is 2.27. The molecule has 0 bridgehead atoms. The number of pyridine rings is 1. The zero-order valence-corrected chi connectivity index (χ0v) is 17.2. The Bertz CT molecular complexity index is 808. The van der Waals surface area contributed by atoms with Crippen LogP contribution in [0.1, 0.15) is 12.5 Å². The van der Waals surface area contributed by atoms with Gasteiger partial charge in [0.1, 0.15) is 5.75 Å². The van der Waals surface area contributed by atoms with Crippen molar-refractivity contribution in [1.29, 1.82) is 0 Å². The van der Waals surface area contributed by atoms with E-state index in [1.807, 2.05) is 19.1 Å². The molecule has 0 unspecified atom stereocenters.